The first-order valence-corrected chi connectivity index (χ1v) is 10.1. The van der Waals surface area contributed by atoms with Crippen LogP contribution in [0.4, 0.5) is 0 Å². The summed E-state index contributed by atoms with van der Waals surface area (Å²) in [5, 5.41) is 9.29. The number of hydrogen-bond acceptors (Lipinski definition) is 10. The minimum atomic E-state index is -1.15. The van der Waals surface area contributed by atoms with Crippen molar-refractivity contribution in [3.8, 4) is 22.6 Å². The Balaban J connectivity index is 2.06. The fraction of sp³-hybridized carbons (Fsp3) is 0.250. The van der Waals surface area contributed by atoms with Gasteiger partial charge in [-0.3, -0.25) is 4.79 Å². The van der Waals surface area contributed by atoms with Crippen molar-refractivity contribution in [2.75, 3.05) is 34.5 Å². The first-order valence-electron chi connectivity index (χ1n) is 10.1. The van der Waals surface area contributed by atoms with Crippen molar-refractivity contribution in [1.82, 2.24) is 0 Å². The van der Waals surface area contributed by atoms with Crippen molar-refractivity contribution >= 4 is 28.9 Å². The summed E-state index contributed by atoms with van der Waals surface area (Å²) in [5.74, 6) is -3.02. The maximum atomic E-state index is 13.2. The average Bonchev–Trinajstić information content (AvgIpc) is 2.81. The summed E-state index contributed by atoms with van der Waals surface area (Å²) in [5.41, 5.74) is 0.639. The highest BCUT2D eigenvalue weighted by atomic mass is 16.6. The quantitative estimate of drug-likeness (QED) is 0.332. The van der Waals surface area contributed by atoms with Crippen molar-refractivity contribution in [2.45, 2.75) is 6.10 Å². The average molecular weight is 486 g/mol. The van der Waals surface area contributed by atoms with E-state index in [2.05, 4.69) is 0 Å². The molecular formula is C24H22O11. The Kier molecular flexibility index (Phi) is 8.31. The van der Waals surface area contributed by atoms with Gasteiger partial charge in [0.25, 0.3) is 0 Å². The van der Waals surface area contributed by atoms with Crippen LogP contribution in [0.3, 0.4) is 0 Å². The van der Waals surface area contributed by atoms with E-state index in [4.69, 9.17) is 28.1 Å². The lowest BCUT2D eigenvalue weighted by atomic mass is 10.0. The second kappa shape index (κ2) is 11.4. The van der Waals surface area contributed by atoms with E-state index in [0.717, 1.165) is 0 Å². The third-order valence-corrected chi connectivity index (χ3v) is 4.80. The van der Waals surface area contributed by atoms with Gasteiger partial charge in [-0.1, -0.05) is 24.3 Å². The summed E-state index contributed by atoms with van der Waals surface area (Å²) in [7, 11) is 3.90. The molecule has 2 aromatic carbocycles. The topological polar surface area (TPSA) is 148 Å². The number of esters is 2. The van der Waals surface area contributed by atoms with E-state index in [0.29, 0.717) is 11.1 Å². The molecule has 11 nitrogen and oxygen atoms in total. The SMILES string of the molecule is COCC(=O)Oc1cc2occ(-c3ccc(C(OC)C(=O)O)cc3)c(=O)c2cc1OC(=O)COC. The Morgan fingerprint density at radius 1 is 0.914 bits per heavy atom. The van der Waals surface area contributed by atoms with Crippen LogP contribution in [-0.2, 0) is 28.6 Å². The molecule has 1 unspecified atom stereocenters. The summed E-state index contributed by atoms with van der Waals surface area (Å²) in [6.45, 7) is -0.725. The van der Waals surface area contributed by atoms with Crippen molar-refractivity contribution in [1.29, 1.82) is 0 Å². The van der Waals surface area contributed by atoms with Gasteiger partial charge in [0.2, 0.25) is 5.43 Å². The molecule has 1 N–H and O–H groups in total. The minimum absolute atomic E-state index is 0.0543. The molecule has 0 saturated carbocycles. The molecule has 0 bridgehead atoms. The van der Waals surface area contributed by atoms with Crippen LogP contribution >= 0.6 is 0 Å². The lowest BCUT2D eigenvalue weighted by Gasteiger charge is -2.12. The highest BCUT2D eigenvalue weighted by Gasteiger charge is 2.21. The van der Waals surface area contributed by atoms with Gasteiger partial charge in [0.15, 0.2) is 17.6 Å². The molecule has 0 aliphatic heterocycles. The fourth-order valence-corrected chi connectivity index (χ4v) is 3.25. The number of carbonyl (C=O) groups is 3. The Hall–Kier alpha value is -4.06. The normalized spacial score (nSPS) is 11.7. The van der Waals surface area contributed by atoms with Gasteiger partial charge in [-0.25, -0.2) is 14.4 Å². The number of fused-ring (bicyclic) bond motifs is 1. The number of aliphatic carboxylic acids is 1. The number of benzene rings is 2. The van der Waals surface area contributed by atoms with Crippen LogP contribution in [0.1, 0.15) is 11.7 Å². The molecule has 0 radical (unpaired) electrons. The Bertz CT molecular complexity index is 1290. The minimum Gasteiger partial charge on any atom is -0.479 e. The van der Waals surface area contributed by atoms with Crippen molar-refractivity contribution in [3.63, 3.8) is 0 Å². The molecule has 0 amide bonds. The zero-order chi connectivity index (χ0) is 25.5. The third-order valence-electron chi connectivity index (χ3n) is 4.80. The van der Waals surface area contributed by atoms with Gasteiger partial charge in [-0.2, -0.15) is 0 Å². The molecule has 35 heavy (non-hydrogen) atoms. The van der Waals surface area contributed by atoms with Crippen LogP contribution in [-0.4, -0.2) is 57.6 Å². The molecule has 184 valence electrons. The van der Waals surface area contributed by atoms with Gasteiger partial charge < -0.3 is 33.2 Å². The summed E-state index contributed by atoms with van der Waals surface area (Å²) >= 11 is 0. The Morgan fingerprint density at radius 3 is 2.00 bits per heavy atom. The van der Waals surface area contributed by atoms with Crippen LogP contribution in [0.2, 0.25) is 0 Å². The van der Waals surface area contributed by atoms with Crippen molar-refractivity contribution < 1.29 is 47.6 Å². The number of hydrogen-bond donors (Lipinski definition) is 1. The van der Waals surface area contributed by atoms with Crippen molar-refractivity contribution in [2.24, 2.45) is 0 Å². The summed E-state index contributed by atoms with van der Waals surface area (Å²) in [6, 6.07) is 8.65. The molecule has 1 heterocycles. The molecule has 0 spiro atoms. The van der Waals surface area contributed by atoms with E-state index < -0.39 is 29.4 Å². The van der Waals surface area contributed by atoms with Crippen LogP contribution in [0.25, 0.3) is 22.1 Å². The Morgan fingerprint density at radius 2 is 1.49 bits per heavy atom. The monoisotopic (exact) mass is 486 g/mol. The zero-order valence-corrected chi connectivity index (χ0v) is 19.1. The van der Waals surface area contributed by atoms with E-state index in [1.54, 1.807) is 12.1 Å². The number of ether oxygens (including phenoxy) is 5. The molecule has 0 aliphatic rings. The van der Waals surface area contributed by atoms with Crippen LogP contribution in [0, 0.1) is 0 Å². The molecule has 0 saturated heterocycles. The molecule has 11 heteroatoms. The van der Waals surface area contributed by atoms with Crippen LogP contribution < -0.4 is 14.9 Å². The second-order valence-corrected chi connectivity index (χ2v) is 7.16. The van der Waals surface area contributed by atoms with Gasteiger partial charge in [-0.15, -0.1) is 0 Å². The first kappa shape index (κ1) is 25.6. The first-order chi connectivity index (χ1) is 16.8. The Labute approximate surface area is 198 Å². The number of carboxylic acids is 1. The van der Waals surface area contributed by atoms with E-state index in [-0.39, 0.29) is 41.2 Å². The second-order valence-electron chi connectivity index (χ2n) is 7.16. The third kappa shape index (κ3) is 5.90. The maximum absolute atomic E-state index is 13.2. The predicted molar refractivity (Wildman–Crippen MR) is 120 cm³/mol. The highest BCUT2D eigenvalue weighted by Crippen LogP contribution is 2.33. The number of carboxylic acid groups (broad SMARTS) is 1. The zero-order valence-electron chi connectivity index (χ0n) is 19.1. The molecular weight excluding hydrogens is 464 g/mol. The van der Waals surface area contributed by atoms with Gasteiger partial charge in [-0.05, 0) is 17.2 Å². The van der Waals surface area contributed by atoms with Gasteiger partial charge in [0.1, 0.15) is 25.1 Å². The fourth-order valence-electron chi connectivity index (χ4n) is 3.25. The highest BCUT2D eigenvalue weighted by molar-refractivity contribution is 5.87. The molecule has 1 aromatic heterocycles. The maximum Gasteiger partial charge on any atom is 0.337 e. The van der Waals surface area contributed by atoms with E-state index >= 15 is 0 Å². The summed E-state index contributed by atoms with van der Waals surface area (Å²) in [4.78, 5) is 48.4. The van der Waals surface area contributed by atoms with E-state index in [1.807, 2.05) is 0 Å². The lowest BCUT2D eigenvalue weighted by molar-refractivity contribution is -0.149. The molecule has 1 atom stereocenters. The van der Waals surface area contributed by atoms with Crippen LogP contribution in [0.5, 0.6) is 11.5 Å². The van der Waals surface area contributed by atoms with E-state index in [9.17, 15) is 24.3 Å². The van der Waals surface area contributed by atoms with E-state index in [1.165, 1.54) is 51.9 Å². The smallest absolute Gasteiger partial charge is 0.337 e. The lowest BCUT2D eigenvalue weighted by Crippen LogP contribution is -2.18. The van der Waals surface area contributed by atoms with Gasteiger partial charge in [0.05, 0.1) is 10.9 Å². The molecule has 0 aliphatic carbocycles. The van der Waals surface area contributed by atoms with Gasteiger partial charge >= 0.3 is 17.9 Å². The molecule has 3 rings (SSSR count). The molecule has 3 aromatic rings. The van der Waals surface area contributed by atoms with Crippen LogP contribution in [0.15, 0.2) is 51.9 Å². The predicted octanol–water partition coefficient (Wildman–Crippen LogP) is 2.34. The summed E-state index contributed by atoms with van der Waals surface area (Å²) in [6.07, 6.45) is 0.0721. The molecule has 0 fully saturated rings. The largest absolute Gasteiger partial charge is 0.479 e. The van der Waals surface area contributed by atoms with Gasteiger partial charge in [0, 0.05) is 27.4 Å². The standard InChI is InChI=1S/C24H22O11/c1-30-11-20(25)34-18-8-15-17(9-19(18)35-21(26)12-31-2)33-10-16(22(15)27)13-4-6-14(7-5-13)23(32-3)24(28)29/h4-10,23H,11-12H2,1-3H3,(H,28,29). The number of methoxy groups -OCH3 is 3. The van der Waals surface area contributed by atoms with Crippen molar-refractivity contribution in [3.05, 3.63) is 58.4 Å². The number of carbonyl (C=O) groups excluding carboxylic acids is 2. The number of rotatable bonds is 10. The summed E-state index contributed by atoms with van der Waals surface area (Å²) < 4.78 is 30.5.